The summed E-state index contributed by atoms with van der Waals surface area (Å²) in [7, 11) is -2.86. The number of imidazole rings is 2. The summed E-state index contributed by atoms with van der Waals surface area (Å²) in [6.45, 7) is 0. The van der Waals surface area contributed by atoms with Crippen LogP contribution in [0.15, 0.2) is 211 Å². The normalized spacial score (nSPS) is 12.0. The van der Waals surface area contributed by atoms with Crippen molar-refractivity contribution in [1.29, 1.82) is 0 Å². The van der Waals surface area contributed by atoms with Crippen LogP contribution in [0.5, 0.6) is 0 Å². The van der Waals surface area contributed by atoms with Gasteiger partial charge in [-0.2, -0.15) is 9.97 Å². The van der Waals surface area contributed by atoms with Gasteiger partial charge in [-0.1, -0.05) is 170 Å². The van der Waals surface area contributed by atoms with Crippen LogP contribution in [0, 0.1) is 0 Å². The molecule has 0 fully saturated rings. The molecule has 0 saturated heterocycles. The lowest BCUT2D eigenvalue weighted by atomic mass is 10.1. The Kier molecular flexibility index (Phi) is 7.73. The SMILES string of the molecule is c1ccc([Si](c2ccccc2)(c2ccccc2)c2cccc(-c3nc(-c4cccc5c4oc4ccccc45)nc(-n4c5ccccc5n5c6ccccc6nc45)n3)c2)cc1. The van der Waals surface area contributed by atoms with Crippen molar-refractivity contribution in [3.05, 3.63) is 206 Å². The van der Waals surface area contributed by atoms with E-state index in [2.05, 4.69) is 161 Å². The number of fused-ring (bicyclic) bond motifs is 8. The predicted octanol–water partition coefficient (Wildman–Crippen LogP) is 9.23. The third-order valence-corrected chi connectivity index (χ3v) is 16.5. The molecule has 0 amide bonds. The van der Waals surface area contributed by atoms with Crippen molar-refractivity contribution >= 4 is 78.6 Å². The number of aromatic nitrogens is 6. The minimum atomic E-state index is -2.86. The number of nitrogens with zero attached hydrogens (tertiary/aromatic N) is 6. The molecule has 0 radical (unpaired) electrons. The zero-order valence-corrected chi connectivity index (χ0v) is 33.2. The van der Waals surface area contributed by atoms with Crippen molar-refractivity contribution in [3.63, 3.8) is 0 Å². The lowest BCUT2D eigenvalue weighted by molar-refractivity contribution is 0.669. The largest absolute Gasteiger partial charge is 0.455 e. The standard InChI is InChI=1S/C52H34N6OSi/c1-4-19-36(20-5-1)60(37-21-6-2-7-22-37,38-23-8-3-9-24-38)39-25-16-18-35(34-39)49-54-50(42-28-17-27-41-40-26-10-15-33-47(40)59-48(41)42)56-51(55-49)58-46-32-14-13-31-45(46)57-44-30-12-11-29-43(44)53-52(57)58/h1-34H. The maximum absolute atomic E-state index is 6.59. The van der Waals surface area contributed by atoms with E-state index in [0.29, 0.717) is 17.6 Å². The smallest absolute Gasteiger partial charge is 0.241 e. The number of para-hydroxylation sites is 6. The fourth-order valence-electron chi connectivity index (χ4n) is 9.14. The Morgan fingerprint density at radius 1 is 0.417 bits per heavy atom. The van der Waals surface area contributed by atoms with E-state index in [1.807, 2.05) is 54.6 Å². The van der Waals surface area contributed by atoms with E-state index in [1.54, 1.807) is 0 Å². The number of hydrogen-bond acceptors (Lipinski definition) is 5. The highest BCUT2D eigenvalue weighted by Gasteiger charge is 2.41. The molecule has 0 spiro atoms. The van der Waals surface area contributed by atoms with Crippen molar-refractivity contribution in [1.82, 2.24) is 28.9 Å². The highest BCUT2D eigenvalue weighted by atomic mass is 28.3. The van der Waals surface area contributed by atoms with Gasteiger partial charge in [0.05, 0.1) is 27.6 Å². The summed E-state index contributed by atoms with van der Waals surface area (Å²) >= 11 is 0. The lowest BCUT2D eigenvalue weighted by Gasteiger charge is -2.34. The molecule has 0 aliphatic carbocycles. The fraction of sp³-hybridized carbons (Fsp3) is 0. The molecule has 0 aliphatic rings. The van der Waals surface area contributed by atoms with Gasteiger partial charge in [0.1, 0.15) is 11.2 Å². The van der Waals surface area contributed by atoms with Crippen LogP contribution < -0.4 is 20.7 Å². The first-order valence-electron chi connectivity index (χ1n) is 20.1. The summed E-state index contributed by atoms with van der Waals surface area (Å²) in [6, 6.07) is 72.6. The Bertz CT molecular complexity index is 3460. The minimum Gasteiger partial charge on any atom is -0.455 e. The molecule has 8 aromatic carbocycles. The average Bonchev–Trinajstić information content (AvgIpc) is 3.99. The Morgan fingerprint density at radius 2 is 0.983 bits per heavy atom. The summed E-state index contributed by atoms with van der Waals surface area (Å²) in [4.78, 5) is 21.2. The zero-order chi connectivity index (χ0) is 39.6. The molecule has 60 heavy (non-hydrogen) atoms. The second-order valence-corrected chi connectivity index (χ2v) is 18.9. The summed E-state index contributed by atoms with van der Waals surface area (Å²) < 4.78 is 10.8. The van der Waals surface area contributed by atoms with Gasteiger partial charge in [0.15, 0.2) is 19.7 Å². The maximum Gasteiger partial charge on any atom is 0.241 e. The van der Waals surface area contributed by atoms with Crippen LogP contribution >= 0.6 is 0 Å². The van der Waals surface area contributed by atoms with E-state index in [0.717, 1.165) is 60.9 Å². The topological polar surface area (TPSA) is 74.0 Å². The second-order valence-electron chi connectivity index (χ2n) is 15.1. The number of furan rings is 1. The molecule has 4 aromatic heterocycles. The van der Waals surface area contributed by atoms with Crippen LogP contribution in [-0.4, -0.2) is 37.0 Å². The Balaban J connectivity index is 1.16. The number of hydrogen-bond donors (Lipinski definition) is 0. The van der Waals surface area contributed by atoms with Crippen LogP contribution in [-0.2, 0) is 0 Å². The van der Waals surface area contributed by atoms with E-state index in [4.69, 9.17) is 24.4 Å². The summed E-state index contributed by atoms with van der Waals surface area (Å²) in [5.74, 6) is 2.25. The van der Waals surface area contributed by atoms with E-state index in [-0.39, 0.29) is 0 Å². The summed E-state index contributed by atoms with van der Waals surface area (Å²) in [5.41, 5.74) is 7.07. The summed E-state index contributed by atoms with van der Waals surface area (Å²) in [5, 5.41) is 7.15. The maximum atomic E-state index is 6.59. The minimum absolute atomic E-state index is 0.465. The lowest BCUT2D eigenvalue weighted by Crippen LogP contribution is -2.74. The van der Waals surface area contributed by atoms with Gasteiger partial charge in [0.2, 0.25) is 11.7 Å². The van der Waals surface area contributed by atoms with Gasteiger partial charge in [-0.15, -0.1) is 0 Å². The first-order valence-corrected chi connectivity index (χ1v) is 22.1. The molecule has 12 rings (SSSR count). The zero-order valence-electron chi connectivity index (χ0n) is 32.2. The van der Waals surface area contributed by atoms with Gasteiger partial charge in [-0.05, 0) is 57.1 Å². The number of rotatable bonds is 7. The van der Waals surface area contributed by atoms with Gasteiger partial charge in [0.25, 0.3) is 0 Å². The van der Waals surface area contributed by atoms with Crippen molar-refractivity contribution in [2.75, 3.05) is 0 Å². The van der Waals surface area contributed by atoms with Crippen molar-refractivity contribution in [2.45, 2.75) is 0 Å². The molecule has 0 unspecified atom stereocenters. The first-order chi connectivity index (χ1) is 29.8. The molecule has 12 aromatic rings. The Morgan fingerprint density at radius 3 is 1.72 bits per heavy atom. The quantitative estimate of drug-likeness (QED) is 0.119. The Hall–Kier alpha value is -7.94. The second kappa shape index (κ2) is 13.6. The van der Waals surface area contributed by atoms with Gasteiger partial charge < -0.3 is 4.42 Å². The Labute approximate surface area is 345 Å². The van der Waals surface area contributed by atoms with Gasteiger partial charge in [-0.25, -0.2) is 14.5 Å². The molecule has 0 atom stereocenters. The average molecular weight is 787 g/mol. The van der Waals surface area contributed by atoms with E-state index >= 15 is 0 Å². The third-order valence-electron chi connectivity index (χ3n) is 11.7. The highest BCUT2D eigenvalue weighted by Crippen LogP contribution is 2.36. The molecule has 0 saturated carbocycles. The molecule has 0 N–H and O–H groups in total. The number of benzene rings is 8. The van der Waals surface area contributed by atoms with Crippen LogP contribution in [0.4, 0.5) is 0 Å². The van der Waals surface area contributed by atoms with Crippen molar-refractivity contribution in [3.8, 4) is 28.7 Å². The van der Waals surface area contributed by atoms with Gasteiger partial charge in [0, 0.05) is 16.3 Å². The molecule has 7 nitrogen and oxygen atoms in total. The van der Waals surface area contributed by atoms with E-state index in [9.17, 15) is 0 Å². The fourth-order valence-corrected chi connectivity index (χ4v) is 13.9. The van der Waals surface area contributed by atoms with E-state index < -0.39 is 8.07 Å². The molecule has 4 heterocycles. The first kappa shape index (κ1) is 34.1. The van der Waals surface area contributed by atoms with E-state index in [1.165, 1.54) is 20.7 Å². The third kappa shape index (κ3) is 5.14. The van der Waals surface area contributed by atoms with Gasteiger partial charge in [-0.3, -0.25) is 4.40 Å². The summed E-state index contributed by atoms with van der Waals surface area (Å²) in [6.07, 6.45) is 0. The molecular formula is C52H34N6OSi. The predicted molar refractivity (Wildman–Crippen MR) is 245 cm³/mol. The molecular weight excluding hydrogens is 753 g/mol. The van der Waals surface area contributed by atoms with Crippen molar-refractivity contribution in [2.24, 2.45) is 0 Å². The monoisotopic (exact) mass is 786 g/mol. The highest BCUT2D eigenvalue weighted by molar-refractivity contribution is 7.19. The molecule has 0 aliphatic heterocycles. The van der Waals surface area contributed by atoms with Gasteiger partial charge >= 0.3 is 0 Å². The van der Waals surface area contributed by atoms with Crippen LogP contribution in [0.3, 0.4) is 0 Å². The van der Waals surface area contributed by atoms with Crippen LogP contribution in [0.2, 0.25) is 0 Å². The van der Waals surface area contributed by atoms with Crippen LogP contribution in [0.1, 0.15) is 0 Å². The van der Waals surface area contributed by atoms with Crippen molar-refractivity contribution < 1.29 is 4.42 Å². The van der Waals surface area contributed by atoms with Crippen LogP contribution in [0.25, 0.3) is 78.5 Å². The molecule has 8 heteroatoms. The molecule has 282 valence electrons. The molecule has 0 bridgehead atoms.